The van der Waals surface area contributed by atoms with Gasteiger partial charge in [-0.05, 0) is 24.0 Å². The van der Waals surface area contributed by atoms with E-state index in [2.05, 4.69) is 0 Å². The van der Waals surface area contributed by atoms with Crippen LogP contribution in [0, 0.1) is 0 Å². The third-order valence-corrected chi connectivity index (χ3v) is 5.72. The summed E-state index contributed by atoms with van der Waals surface area (Å²) in [5, 5.41) is -0.425. The van der Waals surface area contributed by atoms with Crippen molar-refractivity contribution in [2.45, 2.75) is 37.5 Å². The van der Waals surface area contributed by atoms with Crippen LogP contribution in [0.1, 0.15) is 36.9 Å². The zero-order chi connectivity index (χ0) is 12.5. The summed E-state index contributed by atoms with van der Waals surface area (Å²) < 4.78 is 24.4. The smallest absolute Gasteiger partial charge is 0.155 e. The molecule has 17 heavy (non-hydrogen) atoms. The lowest BCUT2D eigenvalue weighted by Crippen LogP contribution is -2.32. The maximum Gasteiger partial charge on any atom is 0.155 e. The van der Waals surface area contributed by atoms with Crippen LogP contribution >= 0.6 is 0 Å². The third-order valence-electron chi connectivity index (χ3n) is 3.48. The fourth-order valence-electron chi connectivity index (χ4n) is 2.44. The van der Waals surface area contributed by atoms with Gasteiger partial charge in [-0.25, -0.2) is 8.42 Å². The molecule has 0 aromatic heterocycles. The number of sulfone groups is 1. The summed E-state index contributed by atoms with van der Waals surface area (Å²) in [5.74, 6) is 0.260. The van der Waals surface area contributed by atoms with E-state index >= 15 is 0 Å². The van der Waals surface area contributed by atoms with Crippen molar-refractivity contribution in [2.75, 3.05) is 5.75 Å². The summed E-state index contributed by atoms with van der Waals surface area (Å²) in [5.41, 5.74) is 8.16. The average Bonchev–Trinajstić information content (AvgIpc) is 2.66. The fraction of sp³-hybridized carbons (Fsp3) is 0.538. The lowest BCUT2D eigenvalue weighted by molar-refractivity contribution is 0.562. The lowest BCUT2D eigenvalue weighted by Gasteiger charge is -2.16. The van der Waals surface area contributed by atoms with Crippen LogP contribution < -0.4 is 5.73 Å². The molecule has 0 saturated heterocycles. The molecule has 4 heteroatoms. The molecule has 1 aromatic rings. The van der Waals surface area contributed by atoms with Gasteiger partial charge in [-0.15, -0.1) is 0 Å². The SMILES string of the molecule is CCCCS(=O)(=O)C1Cc2ccccc2C1N. The highest BCUT2D eigenvalue weighted by molar-refractivity contribution is 7.92. The van der Waals surface area contributed by atoms with Crippen molar-refractivity contribution in [3.8, 4) is 0 Å². The molecule has 0 saturated carbocycles. The first kappa shape index (κ1) is 12.6. The zero-order valence-electron chi connectivity index (χ0n) is 10.1. The Labute approximate surface area is 103 Å². The van der Waals surface area contributed by atoms with Gasteiger partial charge in [0.1, 0.15) is 0 Å². The van der Waals surface area contributed by atoms with E-state index in [0.29, 0.717) is 6.42 Å². The van der Waals surface area contributed by atoms with E-state index in [1.165, 1.54) is 0 Å². The molecule has 0 aliphatic heterocycles. The monoisotopic (exact) mass is 253 g/mol. The molecule has 0 spiro atoms. The molecular weight excluding hydrogens is 234 g/mol. The molecule has 3 nitrogen and oxygen atoms in total. The van der Waals surface area contributed by atoms with Crippen molar-refractivity contribution >= 4 is 9.84 Å². The summed E-state index contributed by atoms with van der Waals surface area (Å²) in [6, 6.07) is 7.42. The van der Waals surface area contributed by atoms with Crippen LogP contribution in [0.15, 0.2) is 24.3 Å². The Morgan fingerprint density at radius 1 is 1.35 bits per heavy atom. The minimum atomic E-state index is -3.06. The quantitative estimate of drug-likeness (QED) is 0.890. The summed E-state index contributed by atoms with van der Waals surface area (Å²) in [6.07, 6.45) is 2.19. The van der Waals surface area contributed by atoms with Crippen molar-refractivity contribution in [1.29, 1.82) is 0 Å². The maximum absolute atomic E-state index is 12.2. The molecule has 1 aromatic carbocycles. The van der Waals surface area contributed by atoms with Crippen molar-refractivity contribution in [2.24, 2.45) is 5.73 Å². The largest absolute Gasteiger partial charge is 0.323 e. The Morgan fingerprint density at radius 3 is 2.71 bits per heavy atom. The zero-order valence-corrected chi connectivity index (χ0v) is 10.9. The highest BCUT2D eigenvalue weighted by Gasteiger charge is 2.37. The summed E-state index contributed by atoms with van der Waals surface area (Å²) >= 11 is 0. The van der Waals surface area contributed by atoms with Crippen LogP contribution in [0.2, 0.25) is 0 Å². The summed E-state index contributed by atoms with van der Waals surface area (Å²) in [7, 11) is -3.06. The molecule has 1 aliphatic carbocycles. The second-order valence-electron chi connectivity index (χ2n) is 4.69. The Kier molecular flexibility index (Phi) is 3.54. The highest BCUT2D eigenvalue weighted by atomic mass is 32.2. The maximum atomic E-state index is 12.2. The Bertz CT molecular complexity index is 496. The van der Waals surface area contributed by atoms with E-state index in [1.54, 1.807) is 0 Å². The molecule has 94 valence electrons. The van der Waals surface area contributed by atoms with Crippen molar-refractivity contribution < 1.29 is 8.42 Å². The second kappa shape index (κ2) is 4.78. The number of unbranched alkanes of at least 4 members (excludes halogenated alkanes) is 1. The van der Waals surface area contributed by atoms with Gasteiger partial charge in [-0.2, -0.15) is 0 Å². The molecule has 2 unspecified atom stereocenters. The van der Waals surface area contributed by atoms with Crippen LogP contribution in [-0.4, -0.2) is 19.4 Å². The molecule has 2 rings (SSSR count). The van der Waals surface area contributed by atoms with E-state index in [9.17, 15) is 8.42 Å². The van der Waals surface area contributed by atoms with E-state index in [-0.39, 0.29) is 11.8 Å². The highest BCUT2D eigenvalue weighted by Crippen LogP contribution is 2.34. The van der Waals surface area contributed by atoms with Gasteiger partial charge in [0.25, 0.3) is 0 Å². The van der Waals surface area contributed by atoms with Gasteiger partial charge in [0.05, 0.1) is 11.0 Å². The van der Waals surface area contributed by atoms with Crippen LogP contribution in [0.5, 0.6) is 0 Å². The Morgan fingerprint density at radius 2 is 2.06 bits per heavy atom. The van der Waals surface area contributed by atoms with Crippen LogP contribution in [0.4, 0.5) is 0 Å². The fourth-order valence-corrected chi connectivity index (χ4v) is 4.46. The molecule has 1 aliphatic rings. The summed E-state index contributed by atoms with van der Waals surface area (Å²) in [4.78, 5) is 0. The second-order valence-corrected chi connectivity index (χ2v) is 7.03. The topological polar surface area (TPSA) is 60.2 Å². The van der Waals surface area contributed by atoms with Gasteiger partial charge in [0.15, 0.2) is 9.84 Å². The average molecular weight is 253 g/mol. The standard InChI is InChI=1S/C13H19NO2S/c1-2-3-8-17(15,16)12-9-10-6-4-5-7-11(10)13(12)14/h4-7,12-13H,2-3,8-9,14H2,1H3. The Hall–Kier alpha value is -0.870. The molecule has 2 atom stereocenters. The normalized spacial score (nSPS) is 23.6. The first-order chi connectivity index (χ1) is 8.06. The molecule has 0 amide bonds. The van der Waals surface area contributed by atoms with E-state index in [4.69, 9.17) is 5.73 Å². The predicted molar refractivity (Wildman–Crippen MR) is 69.6 cm³/mol. The predicted octanol–water partition coefficient (Wildman–Crippen LogP) is 1.83. The van der Waals surface area contributed by atoms with Crippen LogP contribution in [0.25, 0.3) is 0 Å². The molecule has 0 fully saturated rings. The van der Waals surface area contributed by atoms with Crippen molar-refractivity contribution in [3.05, 3.63) is 35.4 Å². The van der Waals surface area contributed by atoms with E-state index in [1.807, 2.05) is 31.2 Å². The Balaban J connectivity index is 2.22. The number of hydrogen-bond acceptors (Lipinski definition) is 3. The number of nitrogens with two attached hydrogens (primary N) is 1. The van der Waals surface area contributed by atoms with Gasteiger partial charge >= 0.3 is 0 Å². The van der Waals surface area contributed by atoms with E-state index < -0.39 is 15.1 Å². The number of fused-ring (bicyclic) bond motifs is 1. The first-order valence-electron chi connectivity index (χ1n) is 6.11. The lowest BCUT2D eigenvalue weighted by atomic mass is 10.1. The van der Waals surface area contributed by atoms with Crippen molar-refractivity contribution in [3.63, 3.8) is 0 Å². The molecule has 0 heterocycles. The van der Waals surface area contributed by atoms with Gasteiger partial charge in [-0.1, -0.05) is 37.6 Å². The van der Waals surface area contributed by atoms with Crippen molar-refractivity contribution in [1.82, 2.24) is 0 Å². The molecular formula is C13H19NO2S. The minimum Gasteiger partial charge on any atom is -0.323 e. The molecule has 0 bridgehead atoms. The number of benzene rings is 1. The van der Waals surface area contributed by atoms with Crippen LogP contribution in [-0.2, 0) is 16.3 Å². The third kappa shape index (κ3) is 2.38. The van der Waals surface area contributed by atoms with E-state index in [0.717, 1.165) is 24.0 Å². The minimum absolute atomic E-state index is 0.260. The van der Waals surface area contributed by atoms with Crippen LogP contribution in [0.3, 0.4) is 0 Å². The number of hydrogen-bond donors (Lipinski definition) is 1. The van der Waals surface area contributed by atoms with Gasteiger partial charge in [-0.3, -0.25) is 0 Å². The summed E-state index contributed by atoms with van der Waals surface area (Å²) in [6.45, 7) is 2.00. The van der Waals surface area contributed by atoms with Gasteiger partial charge in [0.2, 0.25) is 0 Å². The first-order valence-corrected chi connectivity index (χ1v) is 7.82. The van der Waals surface area contributed by atoms with Gasteiger partial charge < -0.3 is 5.73 Å². The molecule has 2 N–H and O–H groups in total. The van der Waals surface area contributed by atoms with Gasteiger partial charge in [0, 0.05) is 6.04 Å². The molecule has 0 radical (unpaired) electrons. The number of rotatable bonds is 4.